The summed E-state index contributed by atoms with van der Waals surface area (Å²) in [6.45, 7) is 10.7. The molecule has 3 rings (SSSR count). The minimum atomic E-state index is -1.25. The number of nitrogens with zero attached hydrogens (tertiary/aromatic N) is 2. The topological polar surface area (TPSA) is 86.9 Å². The molecule has 240 valence electrons. The molecule has 2 atom stereocenters. The number of benzene rings is 3. The minimum absolute atomic E-state index is 0.0143. The first-order valence-electron chi connectivity index (χ1n) is 15.5. The smallest absolute Gasteiger partial charge is 0.254 e. The molecule has 0 spiro atoms. The number of carbonyl (C=O) groups is 2. The minimum Gasteiger partial charge on any atom is -0.390 e. The third kappa shape index (κ3) is 9.00. The summed E-state index contributed by atoms with van der Waals surface area (Å²) in [6.07, 6.45) is 6.86. The first-order valence-corrected chi connectivity index (χ1v) is 15.5. The third-order valence-electron chi connectivity index (χ3n) is 8.09. The zero-order chi connectivity index (χ0) is 33.3. The Bertz CT molecular complexity index is 1510. The highest BCUT2D eigenvalue weighted by atomic mass is 19.1. The van der Waals surface area contributed by atoms with Crippen LogP contribution in [-0.4, -0.2) is 58.5 Å². The molecule has 0 bridgehead atoms. The molecule has 0 aliphatic carbocycles. The molecule has 0 heterocycles. The van der Waals surface area contributed by atoms with Gasteiger partial charge in [-0.25, -0.2) is 8.78 Å². The number of aliphatic hydroxyl groups is 1. The fourth-order valence-corrected chi connectivity index (χ4v) is 5.50. The maximum atomic E-state index is 14.5. The number of carbonyl (C=O) groups excluding carboxylic acids is 2. The number of aryl methyl sites for hydroxylation is 1. The SMILES string of the molecule is C#Cc1cc(C(=O)N(CCC)CCC)cc(C(=O)N(C[C@@H](O)C(N)Cc2cc(F)cc(F)c2)C(C)(C)c2cccc(CC)c2)c1. The first-order chi connectivity index (χ1) is 21.3. The molecule has 0 saturated heterocycles. The van der Waals surface area contributed by atoms with Crippen LogP contribution < -0.4 is 5.73 Å². The molecule has 0 saturated carbocycles. The third-order valence-corrected chi connectivity index (χ3v) is 8.09. The summed E-state index contributed by atoms with van der Waals surface area (Å²) in [5, 5.41) is 11.3. The number of amides is 2. The van der Waals surface area contributed by atoms with Crippen molar-refractivity contribution in [3.05, 3.63) is 106 Å². The van der Waals surface area contributed by atoms with Gasteiger partial charge in [-0.05, 0) is 86.6 Å². The average Bonchev–Trinajstić information content (AvgIpc) is 3.01. The molecule has 6 nitrogen and oxygen atoms in total. The van der Waals surface area contributed by atoms with Gasteiger partial charge in [0.25, 0.3) is 11.8 Å². The standard InChI is InChI=1S/C37H45F2N3O3/c1-7-14-41(15-8-2)35(44)28-16-26(10-4)17-29(22-28)36(45)42(37(5,6)30-13-11-12-25(9-3)18-30)24-34(43)33(40)21-27-19-31(38)23-32(39)20-27/h4,11-13,16-20,22-23,33-34,43H,7-9,14-15,21,24,40H2,1-3,5-6H3/t33?,34-/m1/s1. The van der Waals surface area contributed by atoms with Crippen molar-refractivity contribution in [2.75, 3.05) is 19.6 Å². The Labute approximate surface area is 266 Å². The molecule has 0 radical (unpaired) electrons. The second-order valence-corrected chi connectivity index (χ2v) is 12.0. The molecule has 2 amide bonds. The summed E-state index contributed by atoms with van der Waals surface area (Å²) < 4.78 is 27.7. The van der Waals surface area contributed by atoms with Crippen LogP contribution in [0.1, 0.15) is 90.4 Å². The van der Waals surface area contributed by atoms with E-state index in [1.54, 1.807) is 23.1 Å². The summed E-state index contributed by atoms with van der Waals surface area (Å²) in [4.78, 5) is 31.3. The molecule has 0 aromatic heterocycles. The highest BCUT2D eigenvalue weighted by Crippen LogP contribution is 2.31. The van der Waals surface area contributed by atoms with E-state index in [2.05, 4.69) is 5.92 Å². The lowest BCUT2D eigenvalue weighted by Crippen LogP contribution is -2.53. The van der Waals surface area contributed by atoms with Crippen molar-refractivity contribution >= 4 is 11.8 Å². The molecule has 45 heavy (non-hydrogen) atoms. The molecular weight excluding hydrogens is 572 g/mol. The maximum Gasteiger partial charge on any atom is 0.254 e. The van der Waals surface area contributed by atoms with Crippen molar-refractivity contribution < 1.29 is 23.5 Å². The van der Waals surface area contributed by atoms with Crippen molar-refractivity contribution in [3.63, 3.8) is 0 Å². The number of nitrogens with two attached hydrogens (primary N) is 1. The van der Waals surface area contributed by atoms with Crippen molar-refractivity contribution in [3.8, 4) is 12.3 Å². The lowest BCUT2D eigenvalue weighted by molar-refractivity contribution is 0.0277. The van der Waals surface area contributed by atoms with Crippen molar-refractivity contribution in [1.82, 2.24) is 9.80 Å². The lowest BCUT2D eigenvalue weighted by atomic mass is 9.88. The molecular formula is C37H45F2N3O3. The predicted molar refractivity (Wildman–Crippen MR) is 175 cm³/mol. The predicted octanol–water partition coefficient (Wildman–Crippen LogP) is 6.08. The Morgan fingerprint density at radius 3 is 2.07 bits per heavy atom. The normalized spacial score (nSPS) is 12.7. The number of halogens is 2. The van der Waals surface area contributed by atoms with Gasteiger partial charge in [0, 0.05) is 48.4 Å². The van der Waals surface area contributed by atoms with Crippen LogP contribution in [0.5, 0.6) is 0 Å². The molecule has 3 aromatic carbocycles. The highest BCUT2D eigenvalue weighted by molar-refractivity contribution is 6.00. The molecule has 0 fully saturated rings. The molecule has 1 unspecified atom stereocenters. The number of aliphatic hydroxyl groups excluding tert-OH is 1. The number of terminal acetylenes is 1. The van der Waals surface area contributed by atoms with E-state index < -0.39 is 35.2 Å². The molecule has 8 heteroatoms. The molecule has 3 aromatic rings. The van der Waals surface area contributed by atoms with Gasteiger partial charge in [-0.1, -0.05) is 51.0 Å². The van der Waals surface area contributed by atoms with Crippen LogP contribution in [0, 0.1) is 24.0 Å². The van der Waals surface area contributed by atoms with E-state index >= 15 is 0 Å². The average molecular weight is 618 g/mol. The van der Waals surface area contributed by atoms with Crippen LogP contribution in [0.4, 0.5) is 8.78 Å². The molecule has 0 aliphatic heterocycles. The van der Waals surface area contributed by atoms with Gasteiger partial charge in [0.2, 0.25) is 0 Å². The van der Waals surface area contributed by atoms with Gasteiger partial charge >= 0.3 is 0 Å². The van der Waals surface area contributed by atoms with Gasteiger partial charge < -0.3 is 20.6 Å². The molecule has 3 N–H and O–H groups in total. The lowest BCUT2D eigenvalue weighted by Gasteiger charge is -2.41. The summed E-state index contributed by atoms with van der Waals surface area (Å²) in [5.74, 6) is 0.425. The highest BCUT2D eigenvalue weighted by Gasteiger charge is 2.36. The van der Waals surface area contributed by atoms with E-state index in [-0.39, 0.29) is 24.4 Å². The number of hydrogen-bond donors (Lipinski definition) is 2. The summed E-state index contributed by atoms with van der Waals surface area (Å²) >= 11 is 0. The van der Waals surface area contributed by atoms with Crippen molar-refractivity contribution in [1.29, 1.82) is 0 Å². The Balaban J connectivity index is 2.06. The van der Waals surface area contributed by atoms with Crippen LogP contribution >= 0.6 is 0 Å². The largest absolute Gasteiger partial charge is 0.390 e. The summed E-state index contributed by atoms with van der Waals surface area (Å²) in [7, 11) is 0. The fourth-order valence-electron chi connectivity index (χ4n) is 5.50. The van der Waals surface area contributed by atoms with E-state index in [1.807, 2.05) is 58.9 Å². The van der Waals surface area contributed by atoms with Gasteiger partial charge in [-0.2, -0.15) is 0 Å². The van der Waals surface area contributed by atoms with Gasteiger partial charge in [0.05, 0.1) is 11.6 Å². The Morgan fingerprint density at radius 2 is 1.51 bits per heavy atom. The van der Waals surface area contributed by atoms with Crippen LogP contribution in [0.15, 0.2) is 60.7 Å². The van der Waals surface area contributed by atoms with E-state index in [1.165, 1.54) is 17.0 Å². The van der Waals surface area contributed by atoms with Crippen LogP contribution in [0.25, 0.3) is 0 Å². The van der Waals surface area contributed by atoms with Gasteiger partial charge in [-0.3, -0.25) is 9.59 Å². The van der Waals surface area contributed by atoms with E-state index in [4.69, 9.17) is 12.2 Å². The number of rotatable bonds is 14. The quantitative estimate of drug-likeness (QED) is 0.215. The summed E-state index contributed by atoms with van der Waals surface area (Å²) in [6, 6.07) is 14.8. The van der Waals surface area contributed by atoms with Gasteiger partial charge in [-0.15, -0.1) is 6.42 Å². The van der Waals surface area contributed by atoms with Crippen molar-refractivity contribution in [2.45, 2.75) is 78.0 Å². The van der Waals surface area contributed by atoms with Gasteiger partial charge in [0.15, 0.2) is 0 Å². The van der Waals surface area contributed by atoms with Gasteiger partial charge in [0.1, 0.15) is 11.6 Å². The maximum absolute atomic E-state index is 14.5. The monoisotopic (exact) mass is 617 g/mol. The fraction of sp³-hybridized carbons (Fsp3) is 0.405. The first kappa shape index (κ1) is 35.4. The zero-order valence-corrected chi connectivity index (χ0v) is 26.9. The number of hydrogen-bond acceptors (Lipinski definition) is 4. The van der Waals surface area contributed by atoms with E-state index in [0.717, 1.165) is 36.5 Å². The van der Waals surface area contributed by atoms with Crippen LogP contribution in [0.3, 0.4) is 0 Å². The molecule has 0 aliphatic rings. The van der Waals surface area contributed by atoms with E-state index in [9.17, 15) is 23.5 Å². The summed E-state index contributed by atoms with van der Waals surface area (Å²) in [5.41, 5.74) is 8.51. The Kier molecular flexibility index (Phi) is 12.4. The zero-order valence-electron chi connectivity index (χ0n) is 26.9. The second-order valence-electron chi connectivity index (χ2n) is 12.0. The van der Waals surface area contributed by atoms with Crippen LogP contribution in [-0.2, 0) is 18.4 Å². The van der Waals surface area contributed by atoms with E-state index in [0.29, 0.717) is 29.8 Å². The van der Waals surface area contributed by atoms with Crippen LogP contribution in [0.2, 0.25) is 0 Å². The Morgan fingerprint density at radius 1 is 0.911 bits per heavy atom. The second kappa shape index (κ2) is 15.8. The Hall–Kier alpha value is -4.06. The van der Waals surface area contributed by atoms with Crippen molar-refractivity contribution in [2.24, 2.45) is 5.73 Å².